The van der Waals surface area contributed by atoms with Crippen LogP contribution >= 0.6 is 0 Å². The average Bonchev–Trinajstić information content (AvgIpc) is 2.33. The third kappa shape index (κ3) is 4.23. The first-order chi connectivity index (χ1) is 8.58. The molecule has 1 rings (SSSR count). The smallest absolute Gasteiger partial charge is 0.225 e. The predicted molar refractivity (Wildman–Crippen MR) is 74.0 cm³/mol. The molecule has 5 heteroatoms. The first-order valence-electron chi connectivity index (χ1n) is 6.38. The Balaban J connectivity index is 2.95. The molecule has 0 spiro atoms. The molecule has 0 fully saturated rings. The molecule has 0 radical (unpaired) electrons. The quantitative estimate of drug-likeness (QED) is 0.793. The van der Waals surface area contributed by atoms with Crippen LogP contribution in [-0.2, 0) is 4.74 Å². The lowest BCUT2D eigenvalue weighted by atomic mass is 10.1. The molecular formula is C13H24N4O. The molecule has 0 amide bonds. The zero-order chi connectivity index (χ0) is 13.5. The Morgan fingerprint density at radius 3 is 2.61 bits per heavy atom. The summed E-state index contributed by atoms with van der Waals surface area (Å²) in [7, 11) is 1.69. The highest BCUT2D eigenvalue weighted by Gasteiger charge is 2.12. The fourth-order valence-corrected chi connectivity index (χ4v) is 1.68. The maximum atomic E-state index is 5.64. The summed E-state index contributed by atoms with van der Waals surface area (Å²) in [6.45, 7) is 8.99. The summed E-state index contributed by atoms with van der Waals surface area (Å²) in [5.74, 6) is 1.15. The van der Waals surface area contributed by atoms with Gasteiger partial charge in [-0.15, -0.1) is 0 Å². The topological polar surface area (TPSA) is 64.3 Å². The molecule has 0 aromatic carbocycles. The number of ether oxygens (including phenoxy) is 1. The van der Waals surface area contributed by atoms with Gasteiger partial charge in [0.15, 0.2) is 0 Å². The molecular weight excluding hydrogens is 228 g/mol. The Morgan fingerprint density at radius 1 is 1.33 bits per heavy atom. The minimum Gasteiger partial charge on any atom is -0.383 e. The zero-order valence-corrected chi connectivity index (χ0v) is 11.8. The molecule has 102 valence electrons. The number of nitrogens with two attached hydrogens (primary N) is 1. The molecule has 0 aliphatic carbocycles. The van der Waals surface area contributed by atoms with Crippen LogP contribution in [0.15, 0.2) is 6.07 Å². The molecule has 2 N–H and O–H groups in total. The molecule has 0 saturated heterocycles. The fraction of sp³-hybridized carbons (Fsp3) is 0.692. The van der Waals surface area contributed by atoms with Gasteiger partial charge in [0, 0.05) is 38.1 Å². The SMILES string of the molecule is COCCN(CCN)c1nc(C)cc(C(C)C)n1. The Morgan fingerprint density at radius 2 is 2.06 bits per heavy atom. The first kappa shape index (κ1) is 14.9. The number of hydrogen-bond donors (Lipinski definition) is 1. The highest BCUT2D eigenvalue weighted by molar-refractivity contribution is 5.33. The summed E-state index contributed by atoms with van der Waals surface area (Å²) in [6, 6.07) is 2.03. The van der Waals surface area contributed by atoms with Crippen molar-refractivity contribution in [3.05, 3.63) is 17.5 Å². The lowest BCUT2D eigenvalue weighted by molar-refractivity contribution is 0.205. The number of hydrogen-bond acceptors (Lipinski definition) is 5. The lowest BCUT2D eigenvalue weighted by Crippen LogP contribution is -2.34. The Hall–Kier alpha value is -1.20. The molecule has 5 nitrogen and oxygen atoms in total. The summed E-state index contributed by atoms with van der Waals surface area (Å²) in [6.07, 6.45) is 0. The molecule has 0 unspecified atom stereocenters. The zero-order valence-electron chi connectivity index (χ0n) is 11.8. The minimum absolute atomic E-state index is 0.396. The largest absolute Gasteiger partial charge is 0.383 e. The van der Waals surface area contributed by atoms with Crippen molar-refractivity contribution in [2.75, 3.05) is 38.3 Å². The maximum absolute atomic E-state index is 5.64. The number of rotatable bonds is 7. The van der Waals surface area contributed by atoms with E-state index < -0.39 is 0 Å². The molecule has 1 aromatic heterocycles. The maximum Gasteiger partial charge on any atom is 0.225 e. The summed E-state index contributed by atoms with van der Waals surface area (Å²) in [4.78, 5) is 11.2. The molecule has 0 saturated carbocycles. The van der Waals surface area contributed by atoms with E-state index >= 15 is 0 Å². The van der Waals surface area contributed by atoms with Gasteiger partial charge in [0.2, 0.25) is 5.95 Å². The van der Waals surface area contributed by atoms with Gasteiger partial charge in [-0.2, -0.15) is 0 Å². The highest BCUT2D eigenvalue weighted by atomic mass is 16.5. The molecule has 0 aliphatic rings. The number of nitrogens with zero attached hydrogens (tertiary/aromatic N) is 3. The predicted octanol–water partition coefficient (Wildman–Crippen LogP) is 1.32. The number of aromatic nitrogens is 2. The van der Waals surface area contributed by atoms with Crippen LogP contribution in [0.4, 0.5) is 5.95 Å². The van der Waals surface area contributed by atoms with E-state index in [0.29, 0.717) is 19.1 Å². The molecule has 0 bridgehead atoms. The van der Waals surface area contributed by atoms with Crippen molar-refractivity contribution >= 4 is 5.95 Å². The van der Waals surface area contributed by atoms with Crippen LogP contribution in [0.2, 0.25) is 0 Å². The van der Waals surface area contributed by atoms with E-state index in [4.69, 9.17) is 10.5 Å². The van der Waals surface area contributed by atoms with E-state index in [1.165, 1.54) is 0 Å². The molecule has 0 atom stereocenters. The molecule has 1 heterocycles. The van der Waals surface area contributed by atoms with Gasteiger partial charge in [-0.3, -0.25) is 0 Å². The van der Waals surface area contributed by atoms with Crippen LogP contribution < -0.4 is 10.6 Å². The minimum atomic E-state index is 0.396. The number of aryl methyl sites for hydroxylation is 1. The van der Waals surface area contributed by atoms with Gasteiger partial charge in [0.1, 0.15) is 0 Å². The van der Waals surface area contributed by atoms with Crippen molar-refractivity contribution in [3.8, 4) is 0 Å². The van der Waals surface area contributed by atoms with E-state index in [-0.39, 0.29) is 0 Å². The second kappa shape index (κ2) is 7.28. The van der Waals surface area contributed by atoms with E-state index in [1.807, 2.05) is 13.0 Å². The van der Waals surface area contributed by atoms with Gasteiger partial charge in [0.05, 0.1) is 6.61 Å². The van der Waals surface area contributed by atoms with Crippen LogP contribution in [0.25, 0.3) is 0 Å². The monoisotopic (exact) mass is 252 g/mol. The van der Waals surface area contributed by atoms with Gasteiger partial charge in [-0.25, -0.2) is 9.97 Å². The van der Waals surface area contributed by atoms with Crippen LogP contribution in [0.3, 0.4) is 0 Å². The second-order valence-corrected chi connectivity index (χ2v) is 4.66. The van der Waals surface area contributed by atoms with E-state index in [2.05, 4.69) is 28.7 Å². The summed E-state index contributed by atoms with van der Waals surface area (Å²) in [5, 5.41) is 0. The normalized spacial score (nSPS) is 11.0. The van der Waals surface area contributed by atoms with Crippen LogP contribution in [0.5, 0.6) is 0 Å². The van der Waals surface area contributed by atoms with Gasteiger partial charge in [-0.05, 0) is 18.9 Å². The average molecular weight is 252 g/mol. The lowest BCUT2D eigenvalue weighted by Gasteiger charge is -2.22. The van der Waals surface area contributed by atoms with E-state index in [9.17, 15) is 0 Å². The van der Waals surface area contributed by atoms with Crippen molar-refractivity contribution in [2.24, 2.45) is 5.73 Å². The number of methoxy groups -OCH3 is 1. The van der Waals surface area contributed by atoms with E-state index in [1.54, 1.807) is 7.11 Å². The fourth-order valence-electron chi connectivity index (χ4n) is 1.68. The Bertz CT molecular complexity index is 368. The van der Waals surface area contributed by atoms with Crippen molar-refractivity contribution in [2.45, 2.75) is 26.7 Å². The number of anilines is 1. The standard InChI is InChI=1S/C13H24N4O/c1-10(2)12-9-11(3)15-13(16-12)17(6-5-14)7-8-18-4/h9-10H,5-8,14H2,1-4H3. The molecule has 1 aromatic rings. The highest BCUT2D eigenvalue weighted by Crippen LogP contribution is 2.16. The summed E-state index contributed by atoms with van der Waals surface area (Å²) in [5.41, 5.74) is 7.69. The summed E-state index contributed by atoms with van der Waals surface area (Å²) >= 11 is 0. The van der Waals surface area contributed by atoms with Crippen LogP contribution in [-0.4, -0.2) is 43.3 Å². The Kier molecular flexibility index (Phi) is 6.01. The second-order valence-electron chi connectivity index (χ2n) is 4.66. The van der Waals surface area contributed by atoms with Gasteiger partial charge in [0.25, 0.3) is 0 Å². The first-order valence-corrected chi connectivity index (χ1v) is 6.38. The van der Waals surface area contributed by atoms with Crippen molar-refractivity contribution in [1.29, 1.82) is 0 Å². The van der Waals surface area contributed by atoms with Crippen molar-refractivity contribution < 1.29 is 4.74 Å². The Labute approximate surface area is 109 Å². The van der Waals surface area contributed by atoms with Crippen molar-refractivity contribution in [3.63, 3.8) is 0 Å². The van der Waals surface area contributed by atoms with E-state index in [0.717, 1.165) is 30.4 Å². The molecule has 18 heavy (non-hydrogen) atoms. The van der Waals surface area contributed by atoms with Gasteiger partial charge in [-0.1, -0.05) is 13.8 Å². The molecule has 0 aliphatic heterocycles. The third-order valence-corrected chi connectivity index (χ3v) is 2.70. The van der Waals surface area contributed by atoms with Gasteiger partial charge < -0.3 is 15.4 Å². The summed E-state index contributed by atoms with van der Waals surface area (Å²) < 4.78 is 5.11. The van der Waals surface area contributed by atoms with Crippen LogP contribution in [0, 0.1) is 6.92 Å². The van der Waals surface area contributed by atoms with Crippen molar-refractivity contribution in [1.82, 2.24) is 9.97 Å². The van der Waals surface area contributed by atoms with Gasteiger partial charge >= 0.3 is 0 Å². The van der Waals surface area contributed by atoms with Crippen LogP contribution in [0.1, 0.15) is 31.2 Å². The third-order valence-electron chi connectivity index (χ3n) is 2.70.